The van der Waals surface area contributed by atoms with Gasteiger partial charge >= 0.3 is 5.97 Å². The van der Waals surface area contributed by atoms with Crippen molar-refractivity contribution in [3.8, 4) is 0 Å². The SMILES string of the molecule is COC(=O)c1ccc(CNC2CCCC(C)C2C)c(Br)c1. The van der Waals surface area contributed by atoms with Crippen LogP contribution in [0.25, 0.3) is 0 Å². The summed E-state index contributed by atoms with van der Waals surface area (Å²) in [5.41, 5.74) is 1.75. The van der Waals surface area contributed by atoms with E-state index in [9.17, 15) is 4.79 Å². The second kappa shape index (κ2) is 7.41. The van der Waals surface area contributed by atoms with E-state index in [1.807, 2.05) is 18.2 Å². The van der Waals surface area contributed by atoms with E-state index in [0.29, 0.717) is 17.5 Å². The quantitative estimate of drug-likeness (QED) is 0.826. The lowest BCUT2D eigenvalue weighted by molar-refractivity contribution is 0.0600. The van der Waals surface area contributed by atoms with Gasteiger partial charge in [0.05, 0.1) is 12.7 Å². The molecule has 1 fully saturated rings. The highest BCUT2D eigenvalue weighted by molar-refractivity contribution is 9.10. The predicted molar refractivity (Wildman–Crippen MR) is 88.3 cm³/mol. The van der Waals surface area contributed by atoms with Crippen LogP contribution in [-0.2, 0) is 11.3 Å². The molecule has 3 unspecified atom stereocenters. The molecule has 3 atom stereocenters. The number of hydrogen-bond donors (Lipinski definition) is 1. The minimum Gasteiger partial charge on any atom is -0.465 e. The molecule has 1 aromatic rings. The molecular weight excluding hydrogens is 330 g/mol. The number of hydrogen-bond acceptors (Lipinski definition) is 3. The molecule has 0 saturated heterocycles. The average molecular weight is 354 g/mol. The maximum absolute atomic E-state index is 11.5. The molecule has 0 aromatic heterocycles. The van der Waals surface area contributed by atoms with Crippen LogP contribution >= 0.6 is 15.9 Å². The summed E-state index contributed by atoms with van der Waals surface area (Å²) in [5, 5.41) is 3.68. The largest absolute Gasteiger partial charge is 0.465 e. The molecule has 0 bridgehead atoms. The second-order valence-corrected chi connectivity index (χ2v) is 6.91. The number of rotatable bonds is 4. The maximum atomic E-state index is 11.5. The van der Waals surface area contributed by atoms with E-state index < -0.39 is 0 Å². The lowest BCUT2D eigenvalue weighted by Crippen LogP contribution is -2.40. The zero-order chi connectivity index (χ0) is 15.4. The van der Waals surface area contributed by atoms with Gasteiger partial charge in [0, 0.05) is 17.1 Å². The predicted octanol–water partition coefficient (Wildman–Crippen LogP) is 4.15. The van der Waals surface area contributed by atoms with Crippen molar-refractivity contribution < 1.29 is 9.53 Å². The Hall–Kier alpha value is -0.870. The van der Waals surface area contributed by atoms with Gasteiger partial charge in [0.1, 0.15) is 0 Å². The molecule has 1 aliphatic rings. The van der Waals surface area contributed by atoms with Crippen molar-refractivity contribution in [3.63, 3.8) is 0 Å². The lowest BCUT2D eigenvalue weighted by Gasteiger charge is -2.35. The Bertz CT molecular complexity index is 504. The fourth-order valence-electron chi connectivity index (χ4n) is 3.05. The van der Waals surface area contributed by atoms with Crippen LogP contribution in [0.2, 0.25) is 0 Å². The molecule has 0 heterocycles. The smallest absolute Gasteiger partial charge is 0.337 e. The first kappa shape index (κ1) is 16.5. The molecule has 1 aromatic carbocycles. The molecular formula is C17H24BrNO2. The third-order valence-electron chi connectivity index (χ3n) is 4.74. The molecule has 2 rings (SSSR count). The Morgan fingerprint density at radius 3 is 2.81 bits per heavy atom. The Balaban J connectivity index is 1.98. The summed E-state index contributed by atoms with van der Waals surface area (Å²) in [4.78, 5) is 11.5. The topological polar surface area (TPSA) is 38.3 Å². The van der Waals surface area contributed by atoms with Gasteiger partial charge in [-0.3, -0.25) is 0 Å². The summed E-state index contributed by atoms with van der Waals surface area (Å²) >= 11 is 3.55. The third-order valence-corrected chi connectivity index (χ3v) is 5.47. The highest BCUT2D eigenvalue weighted by Gasteiger charge is 2.26. The average Bonchev–Trinajstić information content (AvgIpc) is 2.49. The molecule has 0 spiro atoms. The van der Waals surface area contributed by atoms with Crippen molar-refractivity contribution >= 4 is 21.9 Å². The summed E-state index contributed by atoms with van der Waals surface area (Å²) in [5.74, 6) is 1.21. The number of benzene rings is 1. The van der Waals surface area contributed by atoms with Crippen LogP contribution in [-0.4, -0.2) is 19.1 Å². The lowest BCUT2D eigenvalue weighted by atomic mass is 9.78. The van der Waals surface area contributed by atoms with E-state index in [0.717, 1.165) is 16.9 Å². The van der Waals surface area contributed by atoms with Gasteiger partial charge in [-0.05, 0) is 36.0 Å². The van der Waals surface area contributed by atoms with E-state index in [1.165, 1.54) is 31.9 Å². The molecule has 0 amide bonds. The van der Waals surface area contributed by atoms with E-state index in [4.69, 9.17) is 4.74 Å². The van der Waals surface area contributed by atoms with E-state index in [2.05, 4.69) is 35.1 Å². The first-order valence-corrected chi connectivity index (χ1v) is 8.42. The molecule has 1 saturated carbocycles. The zero-order valence-electron chi connectivity index (χ0n) is 13.0. The Morgan fingerprint density at radius 2 is 2.14 bits per heavy atom. The minimum absolute atomic E-state index is 0.301. The van der Waals surface area contributed by atoms with Gasteiger partial charge in [0.2, 0.25) is 0 Å². The Kier molecular flexibility index (Phi) is 5.82. The summed E-state index contributed by atoms with van der Waals surface area (Å²) < 4.78 is 5.69. The molecule has 116 valence electrons. The number of nitrogens with one attached hydrogen (secondary N) is 1. The number of ether oxygens (including phenoxy) is 1. The van der Waals surface area contributed by atoms with E-state index in [-0.39, 0.29) is 5.97 Å². The number of carbonyl (C=O) groups excluding carboxylic acids is 1. The van der Waals surface area contributed by atoms with Crippen molar-refractivity contribution in [2.75, 3.05) is 7.11 Å². The number of halogens is 1. The van der Waals surface area contributed by atoms with Gasteiger partial charge in [-0.15, -0.1) is 0 Å². The Morgan fingerprint density at radius 1 is 1.38 bits per heavy atom. The summed E-state index contributed by atoms with van der Waals surface area (Å²) in [6, 6.07) is 6.22. The van der Waals surface area contributed by atoms with Crippen molar-refractivity contribution in [1.82, 2.24) is 5.32 Å². The van der Waals surface area contributed by atoms with Gasteiger partial charge in [-0.2, -0.15) is 0 Å². The van der Waals surface area contributed by atoms with Crippen molar-refractivity contribution in [3.05, 3.63) is 33.8 Å². The molecule has 4 heteroatoms. The van der Waals surface area contributed by atoms with Crippen LogP contribution in [0.3, 0.4) is 0 Å². The van der Waals surface area contributed by atoms with Crippen molar-refractivity contribution in [2.24, 2.45) is 11.8 Å². The van der Waals surface area contributed by atoms with Crippen LogP contribution in [0.1, 0.15) is 49.0 Å². The maximum Gasteiger partial charge on any atom is 0.337 e. The molecule has 0 aliphatic heterocycles. The van der Waals surface area contributed by atoms with Crippen LogP contribution in [0.15, 0.2) is 22.7 Å². The first-order chi connectivity index (χ1) is 10.0. The van der Waals surface area contributed by atoms with Gasteiger partial charge in [-0.1, -0.05) is 48.7 Å². The first-order valence-electron chi connectivity index (χ1n) is 7.63. The zero-order valence-corrected chi connectivity index (χ0v) is 14.6. The van der Waals surface area contributed by atoms with Crippen molar-refractivity contribution in [2.45, 2.75) is 45.7 Å². The summed E-state index contributed by atoms with van der Waals surface area (Å²) in [6.07, 6.45) is 3.91. The fraction of sp³-hybridized carbons (Fsp3) is 0.588. The standard InChI is InChI=1S/C17H24BrNO2/c1-11-5-4-6-16(12(11)2)19-10-14-8-7-13(9-15(14)18)17(20)21-3/h7-9,11-12,16,19H,4-6,10H2,1-3H3. The molecule has 1 aliphatic carbocycles. The van der Waals surface area contributed by atoms with Gasteiger partial charge in [0.15, 0.2) is 0 Å². The normalized spacial score (nSPS) is 25.6. The van der Waals surface area contributed by atoms with Gasteiger partial charge in [-0.25, -0.2) is 4.79 Å². The third kappa shape index (κ3) is 4.07. The highest BCUT2D eigenvalue weighted by Crippen LogP contribution is 2.30. The second-order valence-electron chi connectivity index (χ2n) is 6.05. The molecule has 3 nitrogen and oxygen atoms in total. The van der Waals surface area contributed by atoms with Crippen molar-refractivity contribution in [1.29, 1.82) is 0 Å². The summed E-state index contributed by atoms with van der Waals surface area (Å²) in [6.45, 7) is 5.51. The molecule has 21 heavy (non-hydrogen) atoms. The van der Waals surface area contributed by atoms with Crippen LogP contribution in [0.4, 0.5) is 0 Å². The fourth-order valence-corrected chi connectivity index (χ4v) is 3.57. The number of carbonyl (C=O) groups is 1. The Labute approximate surface area is 135 Å². The van der Waals surface area contributed by atoms with Gasteiger partial charge in [0.25, 0.3) is 0 Å². The van der Waals surface area contributed by atoms with Crippen LogP contribution in [0, 0.1) is 11.8 Å². The highest BCUT2D eigenvalue weighted by atomic mass is 79.9. The van der Waals surface area contributed by atoms with E-state index in [1.54, 1.807) is 0 Å². The van der Waals surface area contributed by atoms with Crippen LogP contribution < -0.4 is 5.32 Å². The molecule has 1 N–H and O–H groups in total. The molecule has 0 radical (unpaired) electrons. The summed E-state index contributed by atoms with van der Waals surface area (Å²) in [7, 11) is 1.40. The van der Waals surface area contributed by atoms with Crippen LogP contribution in [0.5, 0.6) is 0 Å². The van der Waals surface area contributed by atoms with E-state index >= 15 is 0 Å². The number of esters is 1. The monoisotopic (exact) mass is 353 g/mol. The minimum atomic E-state index is -0.301. The van der Waals surface area contributed by atoms with Gasteiger partial charge < -0.3 is 10.1 Å². The number of methoxy groups -OCH3 is 1.